The number of nitrogens with zero attached hydrogens (tertiary/aromatic N) is 1. The van der Waals surface area contributed by atoms with Crippen LogP contribution in [0.1, 0.15) is 40.0 Å². The summed E-state index contributed by atoms with van der Waals surface area (Å²) in [6, 6.07) is 2.04. The van der Waals surface area contributed by atoms with Crippen LogP contribution < -0.4 is 0 Å². The Hall–Kier alpha value is -1.04. The molecule has 0 aromatic rings. The monoisotopic (exact) mass is 195 g/mol. The zero-order valence-electron chi connectivity index (χ0n) is 9.04. The summed E-state index contributed by atoms with van der Waals surface area (Å²) in [6.07, 6.45) is 2.91. The summed E-state index contributed by atoms with van der Waals surface area (Å²) in [5.41, 5.74) is -0.332. The molecule has 0 spiro atoms. The molecule has 1 aliphatic rings. The molecule has 3 nitrogen and oxygen atoms in total. The van der Waals surface area contributed by atoms with E-state index < -0.39 is 5.92 Å². The number of cyclic esters (lactones) is 1. The molecule has 2 unspecified atom stereocenters. The molecule has 0 radical (unpaired) electrons. The predicted molar refractivity (Wildman–Crippen MR) is 52.3 cm³/mol. The maximum Gasteiger partial charge on any atom is 0.324 e. The second-order valence-electron chi connectivity index (χ2n) is 4.45. The third-order valence-electron chi connectivity index (χ3n) is 3.02. The first-order chi connectivity index (χ1) is 6.54. The van der Waals surface area contributed by atoms with Gasteiger partial charge in [-0.3, -0.25) is 4.79 Å². The number of rotatable bonds is 3. The molecule has 0 aliphatic carbocycles. The number of ether oxygens (including phenoxy) is 1. The highest BCUT2D eigenvalue weighted by atomic mass is 16.6. The van der Waals surface area contributed by atoms with Crippen LogP contribution in [0.4, 0.5) is 0 Å². The van der Waals surface area contributed by atoms with Crippen LogP contribution >= 0.6 is 0 Å². The largest absolute Gasteiger partial charge is 0.461 e. The van der Waals surface area contributed by atoms with Crippen molar-refractivity contribution in [1.82, 2.24) is 0 Å². The minimum Gasteiger partial charge on any atom is -0.461 e. The lowest BCUT2D eigenvalue weighted by molar-refractivity contribution is -0.143. The van der Waals surface area contributed by atoms with Gasteiger partial charge in [-0.25, -0.2) is 0 Å². The van der Waals surface area contributed by atoms with E-state index in [9.17, 15) is 4.79 Å². The van der Waals surface area contributed by atoms with Crippen molar-refractivity contribution in [2.24, 2.45) is 11.3 Å². The van der Waals surface area contributed by atoms with Gasteiger partial charge in [0.05, 0.1) is 6.07 Å². The molecule has 0 aromatic carbocycles. The maximum absolute atomic E-state index is 11.3. The molecule has 0 bridgehead atoms. The fourth-order valence-electron chi connectivity index (χ4n) is 1.89. The van der Waals surface area contributed by atoms with Crippen molar-refractivity contribution in [1.29, 1.82) is 5.26 Å². The number of hydrogen-bond donors (Lipinski definition) is 0. The Morgan fingerprint density at radius 2 is 2.21 bits per heavy atom. The van der Waals surface area contributed by atoms with Gasteiger partial charge in [-0.15, -0.1) is 0 Å². The molecule has 1 rings (SSSR count). The van der Waals surface area contributed by atoms with Crippen molar-refractivity contribution in [2.45, 2.75) is 46.1 Å². The summed E-state index contributed by atoms with van der Waals surface area (Å²) in [7, 11) is 0. The smallest absolute Gasteiger partial charge is 0.324 e. The van der Waals surface area contributed by atoms with Crippen molar-refractivity contribution < 1.29 is 9.53 Å². The summed E-state index contributed by atoms with van der Waals surface area (Å²) in [4.78, 5) is 11.3. The molecule has 1 heterocycles. The second-order valence-corrected chi connectivity index (χ2v) is 4.45. The van der Waals surface area contributed by atoms with E-state index in [-0.39, 0.29) is 17.5 Å². The minimum absolute atomic E-state index is 0.0837. The standard InChI is InChI=1S/C11H17NO2/c1-4-5-6-9-11(2,3)8(7-12)10(13)14-9/h8-9H,4-6H2,1-3H3. The quantitative estimate of drug-likeness (QED) is 0.649. The average Bonchev–Trinajstić information content (AvgIpc) is 2.33. The number of carbonyl (C=O) groups excluding carboxylic acids is 1. The molecule has 78 valence electrons. The lowest BCUT2D eigenvalue weighted by Gasteiger charge is -2.25. The van der Waals surface area contributed by atoms with E-state index in [2.05, 4.69) is 6.92 Å². The highest BCUT2D eigenvalue weighted by Crippen LogP contribution is 2.41. The Balaban J connectivity index is 2.73. The van der Waals surface area contributed by atoms with Gasteiger partial charge in [0.2, 0.25) is 0 Å². The Morgan fingerprint density at radius 1 is 1.57 bits per heavy atom. The van der Waals surface area contributed by atoms with Gasteiger partial charge in [-0.2, -0.15) is 5.26 Å². The maximum atomic E-state index is 11.3. The van der Waals surface area contributed by atoms with Crippen LogP contribution in [0.5, 0.6) is 0 Å². The zero-order valence-corrected chi connectivity index (χ0v) is 9.04. The fourth-order valence-corrected chi connectivity index (χ4v) is 1.89. The first-order valence-corrected chi connectivity index (χ1v) is 5.14. The molecular formula is C11H17NO2. The topological polar surface area (TPSA) is 50.1 Å². The lowest BCUT2D eigenvalue weighted by atomic mass is 9.76. The van der Waals surface area contributed by atoms with Gasteiger partial charge in [-0.1, -0.05) is 33.6 Å². The number of carbonyl (C=O) groups is 1. The van der Waals surface area contributed by atoms with E-state index in [0.717, 1.165) is 19.3 Å². The third kappa shape index (κ3) is 1.75. The molecule has 1 saturated heterocycles. The first-order valence-electron chi connectivity index (χ1n) is 5.14. The Kier molecular flexibility index (Phi) is 3.15. The van der Waals surface area contributed by atoms with E-state index in [1.54, 1.807) is 0 Å². The molecule has 2 atom stereocenters. The van der Waals surface area contributed by atoms with E-state index in [1.807, 2.05) is 19.9 Å². The van der Waals surface area contributed by atoms with Crippen LogP contribution in [-0.4, -0.2) is 12.1 Å². The Labute approximate surface area is 85.1 Å². The van der Waals surface area contributed by atoms with Gasteiger partial charge in [0.1, 0.15) is 6.10 Å². The zero-order chi connectivity index (χ0) is 10.8. The van der Waals surface area contributed by atoms with Crippen LogP contribution in [0, 0.1) is 22.7 Å². The molecular weight excluding hydrogens is 178 g/mol. The van der Waals surface area contributed by atoms with Gasteiger partial charge in [0, 0.05) is 5.41 Å². The van der Waals surface area contributed by atoms with E-state index >= 15 is 0 Å². The molecule has 0 amide bonds. The highest BCUT2D eigenvalue weighted by Gasteiger charge is 2.50. The minimum atomic E-state index is -0.593. The van der Waals surface area contributed by atoms with Crippen molar-refractivity contribution in [3.8, 4) is 6.07 Å². The van der Waals surface area contributed by atoms with E-state index in [1.165, 1.54) is 0 Å². The van der Waals surface area contributed by atoms with Crippen LogP contribution in [0.25, 0.3) is 0 Å². The van der Waals surface area contributed by atoms with Crippen molar-refractivity contribution in [2.75, 3.05) is 0 Å². The van der Waals surface area contributed by atoms with Crippen LogP contribution in [0.2, 0.25) is 0 Å². The molecule has 14 heavy (non-hydrogen) atoms. The van der Waals surface area contributed by atoms with Gasteiger partial charge in [0.25, 0.3) is 0 Å². The average molecular weight is 195 g/mol. The van der Waals surface area contributed by atoms with Gasteiger partial charge in [0.15, 0.2) is 5.92 Å². The predicted octanol–water partition coefficient (Wildman–Crippen LogP) is 2.27. The van der Waals surface area contributed by atoms with E-state index in [4.69, 9.17) is 10.00 Å². The number of esters is 1. The molecule has 0 saturated carbocycles. The van der Waals surface area contributed by atoms with Gasteiger partial charge in [-0.05, 0) is 6.42 Å². The molecule has 0 N–H and O–H groups in total. The van der Waals surface area contributed by atoms with Crippen molar-refractivity contribution in [3.63, 3.8) is 0 Å². The first kappa shape index (κ1) is 11.0. The highest BCUT2D eigenvalue weighted by molar-refractivity contribution is 5.78. The Morgan fingerprint density at radius 3 is 2.64 bits per heavy atom. The fraction of sp³-hybridized carbons (Fsp3) is 0.818. The molecule has 0 aromatic heterocycles. The molecule has 3 heteroatoms. The SMILES string of the molecule is CCCCC1OC(=O)C(C#N)C1(C)C. The molecule has 1 fully saturated rings. The summed E-state index contributed by atoms with van der Waals surface area (Å²) < 4.78 is 5.22. The van der Waals surface area contributed by atoms with E-state index in [0.29, 0.717) is 0 Å². The number of hydrogen-bond acceptors (Lipinski definition) is 3. The van der Waals surface area contributed by atoms with Crippen molar-refractivity contribution >= 4 is 5.97 Å². The number of nitriles is 1. The lowest BCUT2D eigenvalue weighted by Crippen LogP contribution is -2.29. The number of unbranched alkanes of at least 4 members (excludes halogenated alkanes) is 1. The summed E-state index contributed by atoms with van der Waals surface area (Å²) >= 11 is 0. The van der Waals surface area contributed by atoms with Crippen LogP contribution in [-0.2, 0) is 9.53 Å². The summed E-state index contributed by atoms with van der Waals surface area (Å²) in [5.74, 6) is -0.942. The van der Waals surface area contributed by atoms with Gasteiger partial charge >= 0.3 is 5.97 Å². The normalized spacial score (nSPS) is 29.7. The van der Waals surface area contributed by atoms with Crippen molar-refractivity contribution in [3.05, 3.63) is 0 Å². The molecule has 1 aliphatic heterocycles. The third-order valence-corrected chi connectivity index (χ3v) is 3.02. The van der Waals surface area contributed by atoms with Crippen LogP contribution in [0.3, 0.4) is 0 Å². The Bertz CT molecular complexity index is 265. The van der Waals surface area contributed by atoms with Crippen LogP contribution in [0.15, 0.2) is 0 Å². The summed E-state index contributed by atoms with van der Waals surface area (Å²) in [6.45, 7) is 5.98. The summed E-state index contributed by atoms with van der Waals surface area (Å²) in [5, 5.41) is 8.86. The second kappa shape index (κ2) is 4.00. The van der Waals surface area contributed by atoms with Gasteiger partial charge < -0.3 is 4.74 Å².